The highest BCUT2D eigenvalue weighted by Crippen LogP contribution is 2.16. The maximum Gasteiger partial charge on any atom is 0.149 e. The number of benzene rings is 1. The van der Waals surface area contributed by atoms with Gasteiger partial charge >= 0.3 is 0 Å². The van der Waals surface area contributed by atoms with E-state index < -0.39 is 8.07 Å². The molecule has 0 spiro atoms. The highest BCUT2D eigenvalue weighted by molar-refractivity contribution is 6.83. The summed E-state index contributed by atoms with van der Waals surface area (Å²) in [5.41, 5.74) is 4.29. The summed E-state index contributed by atoms with van der Waals surface area (Å²) in [6.45, 7) is 8.91. The van der Waals surface area contributed by atoms with Gasteiger partial charge in [-0.1, -0.05) is 43.6 Å². The number of hydrogen-bond acceptors (Lipinski definition) is 1. The molecule has 0 fully saturated rings. The van der Waals surface area contributed by atoms with Crippen LogP contribution in [0.3, 0.4) is 0 Å². The van der Waals surface area contributed by atoms with Crippen molar-refractivity contribution < 1.29 is 4.74 Å². The maximum absolute atomic E-state index is 5.58. The highest BCUT2D eigenvalue weighted by atomic mass is 28.3. The van der Waals surface area contributed by atoms with Gasteiger partial charge in [-0.15, -0.1) is 11.5 Å². The third-order valence-electron chi connectivity index (χ3n) is 1.94. The van der Waals surface area contributed by atoms with E-state index in [1.54, 1.807) is 6.92 Å². The van der Waals surface area contributed by atoms with Crippen molar-refractivity contribution in [2.75, 3.05) is 6.61 Å². The minimum absolute atomic E-state index is 0.419. The molecule has 0 radical (unpaired) electrons. The van der Waals surface area contributed by atoms with Gasteiger partial charge in [0.05, 0.1) is 5.56 Å². The Hall–Kier alpha value is -1.64. The van der Waals surface area contributed by atoms with E-state index in [1.807, 2.05) is 24.3 Å². The molecular formula is C15H18OSi. The highest BCUT2D eigenvalue weighted by Gasteiger charge is 2.08. The molecule has 1 rings (SSSR count). The molecule has 0 N–H and O–H groups in total. The molecule has 0 saturated heterocycles. The van der Waals surface area contributed by atoms with Gasteiger partial charge < -0.3 is 4.74 Å². The average Bonchev–Trinajstić information content (AvgIpc) is 2.27. The molecular weight excluding hydrogens is 224 g/mol. The van der Waals surface area contributed by atoms with E-state index in [9.17, 15) is 0 Å². The van der Waals surface area contributed by atoms with Crippen molar-refractivity contribution in [1.82, 2.24) is 0 Å². The Bertz CT molecular complexity index is 489. The van der Waals surface area contributed by atoms with Crippen LogP contribution in [-0.4, -0.2) is 14.7 Å². The van der Waals surface area contributed by atoms with Crippen LogP contribution in [0.1, 0.15) is 12.5 Å². The molecule has 0 bridgehead atoms. The second-order valence-corrected chi connectivity index (χ2v) is 9.46. The fraction of sp³-hybridized carbons (Fsp3) is 0.333. The lowest BCUT2D eigenvalue weighted by molar-refractivity contribution is 0.369. The standard InChI is InChI=1S/C15H18OSi/c1-5-6-12-16-15-10-8-7-9-14(15)11-13-17(2,3)4/h7-10H,12H2,1-4H3. The first-order chi connectivity index (χ1) is 8.03. The summed E-state index contributed by atoms with van der Waals surface area (Å²) >= 11 is 0. The van der Waals surface area contributed by atoms with Crippen LogP contribution in [0.4, 0.5) is 0 Å². The molecule has 0 aliphatic carbocycles. The molecule has 0 saturated carbocycles. The molecule has 88 valence electrons. The van der Waals surface area contributed by atoms with E-state index in [2.05, 4.69) is 42.9 Å². The first kappa shape index (κ1) is 13.4. The number of ether oxygens (including phenoxy) is 1. The van der Waals surface area contributed by atoms with E-state index in [0.29, 0.717) is 6.61 Å². The fourth-order valence-corrected chi connectivity index (χ4v) is 1.65. The van der Waals surface area contributed by atoms with Crippen molar-refractivity contribution in [2.24, 2.45) is 0 Å². The van der Waals surface area contributed by atoms with Gasteiger partial charge in [0.1, 0.15) is 20.4 Å². The minimum Gasteiger partial charge on any atom is -0.480 e. The van der Waals surface area contributed by atoms with Crippen molar-refractivity contribution in [1.29, 1.82) is 0 Å². The molecule has 0 aliphatic heterocycles. The van der Waals surface area contributed by atoms with Gasteiger partial charge in [-0.2, -0.15) is 0 Å². The topological polar surface area (TPSA) is 9.23 Å². The van der Waals surface area contributed by atoms with Crippen LogP contribution in [0.25, 0.3) is 0 Å². The molecule has 0 aromatic heterocycles. The Morgan fingerprint density at radius 3 is 2.53 bits per heavy atom. The smallest absolute Gasteiger partial charge is 0.149 e. The van der Waals surface area contributed by atoms with Crippen LogP contribution in [0.5, 0.6) is 5.75 Å². The summed E-state index contributed by atoms with van der Waals surface area (Å²) in [4.78, 5) is 0. The van der Waals surface area contributed by atoms with E-state index in [0.717, 1.165) is 11.3 Å². The monoisotopic (exact) mass is 242 g/mol. The minimum atomic E-state index is -1.35. The van der Waals surface area contributed by atoms with Crippen LogP contribution in [0.2, 0.25) is 19.6 Å². The molecule has 0 unspecified atom stereocenters. The molecule has 1 aromatic carbocycles. The summed E-state index contributed by atoms with van der Waals surface area (Å²) in [6, 6.07) is 7.86. The zero-order valence-corrected chi connectivity index (χ0v) is 11.9. The molecule has 1 nitrogen and oxygen atoms in total. The second kappa shape index (κ2) is 6.18. The third kappa shape index (κ3) is 5.29. The van der Waals surface area contributed by atoms with Crippen LogP contribution in [0, 0.1) is 23.3 Å². The van der Waals surface area contributed by atoms with Gasteiger partial charge in [-0.05, 0) is 19.1 Å². The predicted octanol–water partition coefficient (Wildman–Crippen LogP) is 3.32. The van der Waals surface area contributed by atoms with Crippen molar-refractivity contribution in [3.63, 3.8) is 0 Å². The summed E-state index contributed by atoms with van der Waals surface area (Å²) < 4.78 is 5.58. The molecule has 0 heterocycles. The first-order valence-corrected chi connectivity index (χ1v) is 9.17. The van der Waals surface area contributed by atoms with Gasteiger partial charge in [0.15, 0.2) is 0 Å². The lowest BCUT2D eigenvalue weighted by Gasteiger charge is -2.06. The normalized spacial score (nSPS) is 9.65. The predicted molar refractivity (Wildman–Crippen MR) is 75.6 cm³/mol. The van der Waals surface area contributed by atoms with Crippen LogP contribution in [-0.2, 0) is 0 Å². The Balaban J connectivity index is 2.89. The van der Waals surface area contributed by atoms with Crippen LogP contribution < -0.4 is 4.74 Å². The molecule has 0 atom stereocenters. The summed E-state index contributed by atoms with van der Waals surface area (Å²) in [6.07, 6.45) is 0. The molecule has 17 heavy (non-hydrogen) atoms. The van der Waals surface area contributed by atoms with Gasteiger partial charge in [-0.25, -0.2) is 0 Å². The molecule has 1 aromatic rings. The number of hydrogen-bond donors (Lipinski definition) is 0. The van der Waals surface area contributed by atoms with Crippen LogP contribution in [0.15, 0.2) is 24.3 Å². The van der Waals surface area contributed by atoms with Crippen molar-refractivity contribution in [3.8, 4) is 29.1 Å². The van der Waals surface area contributed by atoms with Crippen molar-refractivity contribution in [2.45, 2.75) is 26.6 Å². The summed E-state index contributed by atoms with van der Waals surface area (Å²) in [5.74, 6) is 9.73. The van der Waals surface area contributed by atoms with Crippen LogP contribution >= 0.6 is 0 Å². The Morgan fingerprint density at radius 1 is 1.18 bits per heavy atom. The molecule has 2 heteroatoms. The molecule has 0 aliphatic rings. The number of rotatable bonds is 2. The van der Waals surface area contributed by atoms with Gasteiger partial charge in [0.2, 0.25) is 0 Å². The third-order valence-corrected chi connectivity index (χ3v) is 2.81. The van der Waals surface area contributed by atoms with Gasteiger partial charge in [-0.3, -0.25) is 0 Å². The zero-order chi connectivity index (χ0) is 12.7. The summed E-state index contributed by atoms with van der Waals surface area (Å²) in [7, 11) is -1.35. The van der Waals surface area contributed by atoms with E-state index in [1.165, 1.54) is 0 Å². The van der Waals surface area contributed by atoms with E-state index in [-0.39, 0.29) is 0 Å². The van der Waals surface area contributed by atoms with Gasteiger partial charge in [0.25, 0.3) is 0 Å². The SMILES string of the molecule is CC#CCOc1ccccc1C#C[Si](C)(C)C. The Kier molecular flexibility index (Phi) is 4.88. The second-order valence-electron chi connectivity index (χ2n) is 4.71. The van der Waals surface area contributed by atoms with Gasteiger partial charge in [0, 0.05) is 0 Å². The van der Waals surface area contributed by atoms with Crippen molar-refractivity contribution >= 4 is 8.07 Å². The van der Waals surface area contributed by atoms with E-state index >= 15 is 0 Å². The van der Waals surface area contributed by atoms with E-state index in [4.69, 9.17) is 4.74 Å². The largest absolute Gasteiger partial charge is 0.480 e. The fourth-order valence-electron chi connectivity index (χ4n) is 1.14. The zero-order valence-electron chi connectivity index (χ0n) is 10.9. The number of para-hydroxylation sites is 1. The Morgan fingerprint density at radius 2 is 1.88 bits per heavy atom. The Labute approximate surface area is 105 Å². The average molecular weight is 242 g/mol. The molecule has 0 amide bonds. The lowest BCUT2D eigenvalue weighted by Crippen LogP contribution is -2.16. The first-order valence-electron chi connectivity index (χ1n) is 5.67. The quantitative estimate of drug-likeness (QED) is 0.571. The maximum atomic E-state index is 5.58. The summed E-state index contributed by atoms with van der Waals surface area (Å²) in [5, 5.41) is 0. The lowest BCUT2D eigenvalue weighted by atomic mass is 10.2. The van der Waals surface area contributed by atoms with Crippen molar-refractivity contribution in [3.05, 3.63) is 29.8 Å².